The molecular weight excluding hydrogens is 252 g/mol. The van der Waals surface area contributed by atoms with Crippen LogP contribution in [0, 0.1) is 0 Å². The van der Waals surface area contributed by atoms with Crippen LogP contribution in [0.15, 0.2) is 64.8 Å². The summed E-state index contributed by atoms with van der Waals surface area (Å²) in [7, 11) is -1.66. The lowest BCUT2D eigenvalue weighted by Crippen LogP contribution is -2.24. The summed E-state index contributed by atoms with van der Waals surface area (Å²) in [6, 6.07) is 9.85. The molecule has 1 aromatic carbocycles. The number of hydrogen-bond donors (Lipinski definition) is 0. The first-order valence-corrected chi connectivity index (χ1v) is 9.70. The van der Waals surface area contributed by atoms with Crippen LogP contribution in [-0.2, 0) is 4.53 Å². The highest BCUT2D eigenvalue weighted by molar-refractivity contribution is 6.69. The molecule has 3 nitrogen and oxygen atoms in total. The highest BCUT2D eigenvalue weighted by Gasteiger charge is 2.17. The van der Waals surface area contributed by atoms with Crippen molar-refractivity contribution in [3.8, 4) is 0 Å². The summed E-state index contributed by atoms with van der Waals surface area (Å²) in [6.07, 6.45) is 7.76. The van der Waals surface area contributed by atoms with Gasteiger partial charge in [-0.2, -0.15) is 0 Å². The molecule has 2 rings (SSSR count). The summed E-state index contributed by atoms with van der Waals surface area (Å²) >= 11 is 0. The maximum absolute atomic E-state index is 5.60. The lowest BCUT2D eigenvalue weighted by molar-refractivity contribution is 0.337. The predicted octanol–water partition coefficient (Wildman–Crippen LogP) is 4.09. The molecule has 0 unspecified atom stereocenters. The van der Waals surface area contributed by atoms with Crippen LogP contribution in [0.4, 0.5) is 5.69 Å². The Kier molecular flexibility index (Phi) is 4.12. The van der Waals surface area contributed by atoms with E-state index in [0.29, 0.717) is 0 Å². The highest BCUT2D eigenvalue weighted by Crippen LogP contribution is 2.13. The molecule has 4 heteroatoms. The van der Waals surface area contributed by atoms with Crippen LogP contribution >= 0.6 is 0 Å². The van der Waals surface area contributed by atoms with Gasteiger partial charge in [0, 0.05) is 0 Å². The fourth-order valence-corrected chi connectivity index (χ4v) is 1.84. The van der Waals surface area contributed by atoms with Crippen LogP contribution in [0.1, 0.15) is 0 Å². The summed E-state index contributed by atoms with van der Waals surface area (Å²) in [5, 5.41) is 4.24. The zero-order chi connectivity index (χ0) is 13.7. The van der Waals surface area contributed by atoms with Crippen molar-refractivity contribution in [2.45, 2.75) is 19.6 Å². The number of nitrogens with zero attached hydrogens (tertiary/aromatic N) is 2. The summed E-state index contributed by atoms with van der Waals surface area (Å²) in [5.74, 6) is 0. The molecule has 1 aliphatic carbocycles. The molecule has 0 heterocycles. The van der Waals surface area contributed by atoms with Crippen molar-refractivity contribution in [3.05, 3.63) is 54.6 Å². The third-order valence-electron chi connectivity index (χ3n) is 2.31. The van der Waals surface area contributed by atoms with E-state index in [1.165, 1.54) is 0 Å². The van der Waals surface area contributed by atoms with E-state index < -0.39 is 8.32 Å². The Morgan fingerprint density at radius 1 is 0.895 bits per heavy atom. The Balaban J connectivity index is 2.25. The largest absolute Gasteiger partial charge is 0.455 e. The Bertz CT molecular complexity index is 551. The predicted molar refractivity (Wildman–Crippen MR) is 83.7 cm³/mol. The van der Waals surface area contributed by atoms with Crippen molar-refractivity contribution >= 4 is 25.4 Å². The molecule has 0 aromatic heterocycles. The number of hydrogen-bond acceptors (Lipinski definition) is 3. The maximum Gasteiger partial charge on any atom is 0.278 e. The molecule has 0 saturated carbocycles. The molecular formula is C15H18N2OSi. The van der Waals surface area contributed by atoms with Gasteiger partial charge in [0.15, 0.2) is 0 Å². The molecule has 1 aliphatic rings. The molecule has 1 aromatic rings. The van der Waals surface area contributed by atoms with Crippen LogP contribution in [0.25, 0.3) is 0 Å². The van der Waals surface area contributed by atoms with E-state index in [1.807, 2.05) is 54.6 Å². The van der Waals surface area contributed by atoms with E-state index in [0.717, 1.165) is 17.1 Å². The lowest BCUT2D eigenvalue weighted by Gasteiger charge is -2.14. The average Bonchev–Trinajstić information content (AvgIpc) is 2.38. The van der Waals surface area contributed by atoms with Crippen LogP contribution < -0.4 is 0 Å². The van der Waals surface area contributed by atoms with Gasteiger partial charge in [0.25, 0.3) is 8.32 Å². The van der Waals surface area contributed by atoms with Crippen LogP contribution in [0.5, 0.6) is 0 Å². The minimum absolute atomic E-state index is 0.772. The zero-order valence-corrected chi connectivity index (χ0v) is 12.5. The number of rotatable bonds is 3. The first-order chi connectivity index (χ1) is 9.04. The standard InChI is InChI=1S/C15H18N2OSi/c1-19(2,3)18-17-15-12-8-7-11-14(15)16-13-9-5-4-6-10-13/h4-12H,1-3H3/b16-14?,17-15+. The van der Waals surface area contributed by atoms with Gasteiger partial charge >= 0.3 is 0 Å². The molecule has 0 atom stereocenters. The summed E-state index contributed by atoms with van der Waals surface area (Å²) in [6.45, 7) is 6.31. The van der Waals surface area contributed by atoms with Gasteiger partial charge in [-0.05, 0) is 43.9 Å². The van der Waals surface area contributed by atoms with Gasteiger partial charge in [-0.1, -0.05) is 35.5 Å². The summed E-state index contributed by atoms with van der Waals surface area (Å²) in [5.41, 5.74) is 2.51. The molecule has 0 N–H and O–H groups in total. The number of allylic oxidation sites excluding steroid dienone is 4. The van der Waals surface area contributed by atoms with Crippen molar-refractivity contribution < 1.29 is 4.53 Å². The first kappa shape index (κ1) is 13.5. The molecule has 0 spiro atoms. The van der Waals surface area contributed by atoms with Crippen molar-refractivity contribution in [1.82, 2.24) is 0 Å². The van der Waals surface area contributed by atoms with Crippen molar-refractivity contribution in [3.63, 3.8) is 0 Å². The third kappa shape index (κ3) is 4.33. The number of para-hydroxylation sites is 1. The molecule has 0 saturated heterocycles. The lowest BCUT2D eigenvalue weighted by atomic mass is 10.1. The second kappa shape index (κ2) is 5.80. The quantitative estimate of drug-likeness (QED) is 0.462. The second-order valence-electron chi connectivity index (χ2n) is 5.23. The van der Waals surface area contributed by atoms with Crippen LogP contribution in [0.3, 0.4) is 0 Å². The topological polar surface area (TPSA) is 34.0 Å². The van der Waals surface area contributed by atoms with Gasteiger partial charge in [0.2, 0.25) is 0 Å². The smallest absolute Gasteiger partial charge is 0.278 e. The van der Waals surface area contributed by atoms with Gasteiger partial charge in [-0.15, -0.1) is 0 Å². The molecule has 0 aliphatic heterocycles. The van der Waals surface area contributed by atoms with Gasteiger partial charge in [-0.25, -0.2) is 4.99 Å². The number of benzene rings is 1. The maximum atomic E-state index is 5.60. The average molecular weight is 270 g/mol. The van der Waals surface area contributed by atoms with Crippen LogP contribution in [0.2, 0.25) is 19.6 Å². The fourth-order valence-electron chi connectivity index (χ4n) is 1.46. The monoisotopic (exact) mass is 270 g/mol. The fraction of sp³-hybridized carbons (Fsp3) is 0.200. The van der Waals surface area contributed by atoms with Gasteiger partial charge in [-0.3, -0.25) is 0 Å². The molecule has 0 fully saturated rings. The third-order valence-corrected chi connectivity index (χ3v) is 2.94. The Morgan fingerprint density at radius 2 is 1.53 bits per heavy atom. The number of oxime groups is 1. The highest BCUT2D eigenvalue weighted by atomic mass is 28.4. The van der Waals surface area contributed by atoms with Gasteiger partial charge in [0.1, 0.15) is 5.71 Å². The first-order valence-electron chi connectivity index (χ1n) is 6.30. The molecule has 0 radical (unpaired) electrons. The Morgan fingerprint density at radius 3 is 2.16 bits per heavy atom. The van der Waals surface area contributed by atoms with Crippen molar-refractivity contribution in [2.24, 2.45) is 10.1 Å². The summed E-state index contributed by atoms with van der Waals surface area (Å²) in [4.78, 5) is 4.58. The molecule has 0 amide bonds. The Labute approximate surface area is 115 Å². The van der Waals surface area contributed by atoms with Crippen LogP contribution in [-0.4, -0.2) is 19.7 Å². The van der Waals surface area contributed by atoms with Crippen molar-refractivity contribution in [2.75, 3.05) is 0 Å². The van der Waals surface area contributed by atoms with Gasteiger partial charge < -0.3 is 4.53 Å². The van der Waals surface area contributed by atoms with E-state index >= 15 is 0 Å². The van der Waals surface area contributed by atoms with Crippen molar-refractivity contribution in [1.29, 1.82) is 0 Å². The van der Waals surface area contributed by atoms with E-state index in [-0.39, 0.29) is 0 Å². The Hall–Kier alpha value is -1.94. The van der Waals surface area contributed by atoms with E-state index in [4.69, 9.17) is 4.53 Å². The minimum atomic E-state index is -1.66. The molecule has 19 heavy (non-hydrogen) atoms. The second-order valence-corrected chi connectivity index (χ2v) is 9.64. The van der Waals surface area contributed by atoms with E-state index in [2.05, 4.69) is 29.8 Å². The minimum Gasteiger partial charge on any atom is -0.455 e. The van der Waals surface area contributed by atoms with Gasteiger partial charge in [0.05, 0.1) is 11.4 Å². The summed E-state index contributed by atoms with van der Waals surface area (Å²) < 4.78 is 5.60. The molecule has 98 valence electrons. The number of aliphatic imine (C=N–C) groups is 1. The normalized spacial score (nSPS) is 19.1. The SMILES string of the molecule is C[Si](C)(C)O/N=C1\C=CC=CC1=Nc1ccccc1. The van der Waals surface area contributed by atoms with E-state index in [1.54, 1.807) is 0 Å². The van der Waals surface area contributed by atoms with E-state index in [9.17, 15) is 0 Å². The zero-order valence-electron chi connectivity index (χ0n) is 11.5. The molecule has 0 bridgehead atoms.